The van der Waals surface area contributed by atoms with Crippen LogP contribution in [0.1, 0.15) is 19.2 Å². The van der Waals surface area contributed by atoms with Gasteiger partial charge in [0.1, 0.15) is 11.6 Å². The molecule has 5 nitrogen and oxygen atoms in total. The minimum Gasteiger partial charge on any atom is -0.494 e. The molecular weight excluding hydrogens is 280 g/mol. The molecule has 2 rings (SSSR count). The molecule has 1 atom stereocenters. The zero-order valence-electron chi connectivity index (χ0n) is 12.1. The Morgan fingerprint density at radius 3 is 2.71 bits per heavy atom. The van der Waals surface area contributed by atoms with E-state index in [1.54, 1.807) is 13.8 Å². The van der Waals surface area contributed by atoms with Gasteiger partial charge in [0.2, 0.25) is 0 Å². The predicted octanol–water partition coefficient (Wildman–Crippen LogP) is 2.31. The Morgan fingerprint density at radius 1 is 1.38 bits per heavy atom. The summed E-state index contributed by atoms with van der Waals surface area (Å²) in [4.78, 5) is 4.07. The molecule has 0 aliphatic rings. The number of hydrogen-bond donors (Lipinski definition) is 1. The highest BCUT2D eigenvalue weighted by atomic mass is 19.1. The molecule has 1 aromatic carbocycles. The summed E-state index contributed by atoms with van der Waals surface area (Å²) in [6.07, 6.45) is -0.164. The van der Waals surface area contributed by atoms with Gasteiger partial charge >= 0.3 is 0 Å². The van der Waals surface area contributed by atoms with Crippen LogP contribution in [-0.2, 0) is 6.54 Å². The molecule has 0 radical (unpaired) electrons. The maximum Gasteiger partial charge on any atom is 0.178 e. The lowest BCUT2D eigenvalue weighted by Gasteiger charge is -2.12. The number of halogens is 2. The second-order valence-corrected chi connectivity index (χ2v) is 4.67. The maximum absolute atomic E-state index is 14.3. The molecule has 0 spiro atoms. The van der Waals surface area contributed by atoms with E-state index in [-0.39, 0.29) is 23.7 Å². The van der Waals surface area contributed by atoms with Crippen LogP contribution in [0.2, 0.25) is 0 Å². The van der Waals surface area contributed by atoms with Crippen molar-refractivity contribution in [2.75, 3.05) is 7.11 Å². The summed E-state index contributed by atoms with van der Waals surface area (Å²) in [6.45, 7) is 3.54. The van der Waals surface area contributed by atoms with Gasteiger partial charge in [-0.15, -0.1) is 0 Å². The van der Waals surface area contributed by atoms with E-state index in [1.165, 1.54) is 17.9 Å². The molecule has 21 heavy (non-hydrogen) atoms. The standard InChI is InChI=1S/C14H17F2N3O2/c1-4-9(20)7-19-14(17-8(2)18-19)12-10(15)5-6-11(21-3)13(12)16/h5-6,9,20H,4,7H2,1-3H3/t9-/m1/s1. The summed E-state index contributed by atoms with van der Waals surface area (Å²) in [5.74, 6) is -1.26. The van der Waals surface area contributed by atoms with Crippen LogP contribution >= 0.6 is 0 Å². The van der Waals surface area contributed by atoms with Crippen molar-refractivity contribution in [2.45, 2.75) is 32.9 Å². The zero-order chi connectivity index (χ0) is 15.6. The summed E-state index contributed by atoms with van der Waals surface area (Å²) < 4.78 is 34.5. The summed E-state index contributed by atoms with van der Waals surface area (Å²) in [7, 11) is 1.30. The van der Waals surface area contributed by atoms with Crippen LogP contribution in [0.15, 0.2) is 12.1 Å². The molecule has 2 aromatic rings. The van der Waals surface area contributed by atoms with Crippen LogP contribution in [0.3, 0.4) is 0 Å². The van der Waals surface area contributed by atoms with E-state index in [0.717, 1.165) is 6.07 Å². The number of methoxy groups -OCH3 is 1. The SMILES string of the molecule is CC[C@@H](O)Cn1nc(C)nc1-c1c(F)ccc(OC)c1F. The smallest absolute Gasteiger partial charge is 0.178 e. The van der Waals surface area contributed by atoms with E-state index in [4.69, 9.17) is 4.74 Å². The highest BCUT2D eigenvalue weighted by Gasteiger charge is 2.22. The van der Waals surface area contributed by atoms with Crippen LogP contribution in [0.25, 0.3) is 11.4 Å². The molecule has 0 amide bonds. The molecule has 0 saturated carbocycles. The number of aliphatic hydroxyl groups excluding tert-OH is 1. The van der Waals surface area contributed by atoms with Crippen LogP contribution in [0, 0.1) is 18.6 Å². The Kier molecular flexibility index (Phi) is 4.52. The fourth-order valence-corrected chi connectivity index (χ4v) is 1.99. The van der Waals surface area contributed by atoms with Gasteiger partial charge in [-0.25, -0.2) is 18.4 Å². The molecule has 1 N–H and O–H groups in total. The molecule has 0 fully saturated rings. The normalized spacial score (nSPS) is 12.5. The van der Waals surface area contributed by atoms with Crippen molar-refractivity contribution in [3.8, 4) is 17.1 Å². The molecule has 0 unspecified atom stereocenters. The zero-order valence-corrected chi connectivity index (χ0v) is 12.1. The lowest BCUT2D eigenvalue weighted by molar-refractivity contribution is 0.145. The van der Waals surface area contributed by atoms with Crippen LogP contribution in [-0.4, -0.2) is 33.1 Å². The summed E-state index contributed by atoms with van der Waals surface area (Å²) in [5, 5.41) is 13.8. The molecule has 0 saturated heterocycles. The van der Waals surface area contributed by atoms with Crippen molar-refractivity contribution in [1.82, 2.24) is 14.8 Å². The molecule has 1 heterocycles. The van der Waals surface area contributed by atoms with E-state index in [0.29, 0.717) is 12.2 Å². The fraction of sp³-hybridized carbons (Fsp3) is 0.429. The molecule has 0 aliphatic heterocycles. The third kappa shape index (κ3) is 3.02. The number of aromatic nitrogens is 3. The van der Waals surface area contributed by atoms with Gasteiger partial charge in [-0.3, -0.25) is 0 Å². The Bertz CT molecular complexity index is 643. The second-order valence-electron chi connectivity index (χ2n) is 4.67. The molecular formula is C14H17F2N3O2. The van der Waals surface area contributed by atoms with Crippen molar-refractivity contribution >= 4 is 0 Å². The first-order valence-electron chi connectivity index (χ1n) is 6.59. The molecule has 114 valence electrons. The van der Waals surface area contributed by atoms with Crippen LogP contribution in [0.5, 0.6) is 5.75 Å². The highest BCUT2D eigenvalue weighted by molar-refractivity contribution is 5.60. The first-order valence-corrected chi connectivity index (χ1v) is 6.59. The topological polar surface area (TPSA) is 60.2 Å². The largest absolute Gasteiger partial charge is 0.494 e. The van der Waals surface area contributed by atoms with Crippen molar-refractivity contribution in [3.05, 3.63) is 29.6 Å². The lowest BCUT2D eigenvalue weighted by Crippen LogP contribution is -2.17. The molecule has 1 aromatic heterocycles. The minimum atomic E-state index is -0.836. The Balaban J connectivity index is 2.56. The summed E-state index contributed by atoms with van der Waals surface area (Å²) in [5.41, 5.74) is -0.307. The number of nitrogens with zero attached hydrogens (tertiary/aromatic N) is 3. The monoisotopic (exact) mass is 297 g/mol. The van der Waals surface area contributed by atoms with Gasteiger partial charge in [0.05, 0.1) is 25.3 Å². The van der Waals surface area contributed by atoms with Gasteiger partial charge in [-0.1, -0.05) is 6.92 Å². The fourth-order valence-electron chi connectivity index (χ4n) is 1.99. The van der Waals surface area contributed by atoms with E-state index < -0.39 is 17.7 Å². The molecule has 0 bridgehead atoms. The minimum absolute atomic E-state index is 0.0360. The van der Waals surface area contributed by atoms with Gasteiger partial charge in [0.25, 0.3) is 0 Å². The molecule has 0 aliphatic carbocycles. The maximum atomic E-state index is 14.3. The Morgan fingerprint density at radius 2 is 2.10 bits per heavy atom. The van der Waals surface area contributed by atoms with Gasteiger partial charge in [-0.05, 0) is 25.5 Å². The predicted molar refractivity (Wildman–Crippen MR) is 73.0 cm³/mol. The quantitative estimate of drug-likeness (QED) is 0.920. The van der Waals surface area contributed by atoms with Gasteiger partial charge in [0.15, 0.2) is 17.4 Å². The van der Waals surface area contributed by atoms with Crippen molar-refractivity contribution in [3.63, 3.8) is 0 Å². The summed E-state index contributed by atoms with van der Waals surface area (Å²) in [6, 6.07) is 2.32. The average Bonchev–Trinajstić information content (AvgIpc) is 2.79. The van der Waals surface area contributed by atoms with Gasteiger partial charge < -0.3 is 9.84 Å². The number of aliphatic hydroxyl groups is 1. The average molecular weight is 297 g/mol. The Hall–Kier alpha value is -2.02. The second kappa shape index (κ2) is 6.17. The number of rotatable bonds is 5. The van der Waals surface area contributed by atoms with Gasteiger partial charge in [0, 0.05) is 0 Å². The van der Waals surface area contributed by atoms with Crippen LogP contribution in [0.4, 0.5) is 8.78 Å². The number of ether oxygens (including phenoxy) is 1. The van der Waals surface area contributed by atoms with E-state index in [9.17, 15) is 13.9 Å². The van der Waals surface area contributed by atoms with Crippen LogP contribution < -0.4 is 4.74 Å². The van der Waals surface area contributed by atoms with Crippen molar-refractivity contribution in [2.24, 2.45) is 0 Å². The van der Waals surface area contributed by atoms with E-state index in [1.807, 2.05) is 0 Å². The first kappa shape index (κ1) is 15.4. The van der Waals surface area contributed by atoms with E-state index >= 15 is 0 Å². The van der Waals surface area contributed by atoms with Crippen molar-refractivity contribution in [1.29, 1.82) is 0 Å². The third-order valence-electron chi connectivity index (χ3n) is 3.13. The first-order chi connectivity index (χ1) is 9.97. The van der Waals surface area contributed by atoms with E-state index in [2.05, 4.69) is 10.1 Å². The number of hydrogen-bond acceptors (Lipinski definition) is 4. The van der Waals surface area contributed by atoms with Gasteiger partial charge in [-0.2, -0.15) is 5.10 Å². The Labute approximate surface area is 121 Å². The number of benzene rings is 1. The highest BCUT2D eigenvalue weighted by Crippen LogP contribution is 2.30. The lowest BCUT2D eigenvalue weighted by atomic mass is 10.1. The number of aryl methyl sites for hydroxylation is 1. The third-order valence-corrected chi connectivity index (χ3v) is 3.13. The van der Waals surface area contributed by atoms with Crippen molar-refractivity contribution < 1.29 is 18.6 Å². The summed E-state index contributed by atoms with van der Waals surface area (Å²) >= 11 is 0. The molecule has 7 heteroatoms.